The Kier molecular flexibility index (Phi) is 7.35. The standard InChI is InChI=1S/C24H20F4N8O2.ClH/c1-34(2)12-21-30-7-8-35(21)13-3-5-17(16(25)10-13)31-23(37)18-11-20(24(26,27)28)32-36(18)14-4-6-19-15(9-14)22(29)33-38-19;/h3-11H,12H2,1-2H3,(H2,29,33)(H,31,37);1H/p-1. The van der Waals surface area contributed by atoms with E-state index >= 15 is 4.39 Å². The first kappa shape index (κ1) is 27.6. The largest absolute Gasteiger partial charge is 1.00 e. The first-order chi connectivity index (χ1) is 18.0. The van der Waals surface area contributed by atoms with Crippen molar-refractivity contribution in [3.63, 3.8) is 0 Å². The highest BCUT2D eigenvalue weighted by atomic mass is 35.5. The maximum Gasteiger partial charge on any atom is 0.435 e. The minimum Gasteiger partial charge on any atom is -1.00 e. The van der Waals surface area contributed by atoms with E-state index in [1.807, 2.05) is 19.0 Å². The van der Waals surface area contributed by atoms with Gasteiger partial charge in [-0.15, -0.1) is 0 Å². The van der Waals surface area contributed by atoms with E-state index in [0.717, 1.165) is 4.68 Å². The molecule has 5 rings (SSSR count). The van der Waals surface area contributed by atoms with Gasteiger partial charge in [-0.25, -0.2) is 14.1 Å². The molecule has 0 bridgehead atoms. The molecule has 10 nitrogen and oxygen atoms in total. The minimum absolute atomic E-state index is 0. The fourth-order valence-electron chi connectivity index (χ4n) is 3.87. The van der Waals surface area contributed by atoms with Gasteiger partial charge in [0.2, 0.25) is 0 Å². The third kappa shape index (κ3) is 5.42. The third-order valence-electron chi connectivity index (χ3n) is 5.61. The average Bonchev–Trinajstić information content (AvgIpc) is 3.58. The van der Waals surface area contributed by atoms with Gasteiger partial charge in [0.25, 0.3) is 5.91 Å². The third-order valence-corrected chi connectivity index (χ3v) is 5.61. The number of nitrogens with zero attached hydrogens (tertiary/aromatic N) is 6. The van der Waals surface area contributed by atoms with Crippen LogP contribution < -0.4 is 23.5 Å². The second-order valence-electron chi connectivity index (χ2n) is 8.64. The van der Waals surface area contributed by atoms with Crippen LogP contribution in [0.2, 0.25) is 0 Å². The Morgan fingerprint density at radius 2 is 1.87 bits per heavy atom. The molecule has 0 fully saturated rings. The Labute approximate surface area is 224 Å². The lowest BCUT2D eigenvalue weighted by Crippen LogP contribution is -3.00. The molecular formula is C24H20ClF4N8O2-. The van der Waals surface area contributed by atoms with Gasteiger partial charge < -0.3 is 37.4 Å². The number of imidazole rings is 1. The molecule has 0 saturated heterocycles. The number of rotatable bonds is 6. The number of nitrogens with two attached hydrogens (primary N) is 1. The highest BCUT2D eigenvalue weighted by Crippen LogP contribution is 2.31. The van der Waals surface area contributed by atoms with Crippen molar-refractivity contribution >= 4 is 28.4 Å². The molecular weight excluding hydrogens is 544 g/mol. The smallest absolute Gasteiger partial charge is 0.435 e. The second-order valence-corrected chi connectivity index (χ2v) is 8.64. The predicted molar refractivity (Wildman–Crippen MR) is 129 cm³/mol. The van der Waals surface area contributed by atoms with Gasteiger partial charge in [0.05, 0.1) is 23.3 Å². The molecule has 3 N–H and O–H groups in total. The molecule has 39 heavy (non-hydrogen) atoms. The van der Waals surface area contributed by atoms with Gasteiger partial charge in [-0.1, -0.05) is 5.16 Å². The van der Waals surface area contributed by atoms with Gasteiger partial charge in [-0.2, -0.15) is 18.3 Å². The van der Waals surface area contributed by atoms with Crippen LogP contribution in [0.1, 0.15) is 22.0 Å². The monoisotopic (exact) mass is 563 g/mol. The topological polar surface area (TPSA) is 120 Å². The van der Waals surface area contributed by atoms with Crippen molar-refractivity contribution in [2.45, 2.75) is 12.7 Å². The van der Waals surface area contributed by atoms with Crippen molar-refractivity contribution in [1.29, 1.82) is 0 Å². The van der Waals surface area contributed by atoms with Crippen LogP contribution in [0.15, 0.2) is 59.4 Å². The number of fused-ring (bicyclic) bond motifs is 1. The van der Waals surface area contributed by atoms with Crippen molar-refractivity contribution in [2.24, 2.45) is 0 Å². The number of nitrogen functional groups attached to an aromatic ring is 1. The van der Waals surface area contributed by atoms with E-state index < -0.39 is 29.3 Å². The Balaban J connectivity index is 0.00000353. The molecule has 0 unspecified atom stereocenters. The van der Waals surface area contributed by atoms with E-state index in [1.54, 1.807) is 23.0 Å². The van der Waals surface area contributed by atoms with Crippen molar-refractivity contribution < 1.29 is 39.3 Å². The fraction of sp³-hybridized carbons (Fsp3) is 0.167. The number of hydrogen-bond acceptors (Lipinski definition) is 7. The summed E-state index contributed by atoms with van der Waals surface area (Å²) < 4.78 is 63.0. The van der Waals surface area contributed by atoms with Crippen molar-refractivity contribution in [3.8, 4) is 11.4 Å². The lowest BCUT2D eigenvalue weighted by molar-refractivity contribution is -0.141. The molecule has 0 saturated carbocycles. The van der Waals surface area contributed by atoms with E-state index in [4.69, 9.17) is 10.3 Å². The van der Waals surface area contributed by atoms with Gasteiger partial charge in [0, 0.05) is 30.2 Å². The number of anilines is 2. The van der Waals surface area contributed by atoms with Gasteiger partial charge in [0.15, 0.2) is 17.1 Å². The van der Waals surface area contributed by atoms with Gasteiger partial charge in [-0.3, -0.25) is 4.79 Å². The summed E-state index contributed by atoms with van der Waals surface area (Å²) in [5.41, 5.74) is 4.60. The normalized spacial score (nSPS) is 11.7. The maximum absolute atomic E-state index is 15.0. The van der Waals surface area contributed by atoms with Crippen LogP contribution in [0, 0.1) is 5.82 Å². The summed E-state index contributed by atoms with van der Waals surface area (Å²) in [7, 11) is 3.73. The van der Waals surface area contributed by atoms with Gasteiger partial charge in [0.1, 0.15) is 17.3 Å². The number of nitrogens with one attached hydrogen (secondary N) is 1. The number of hydrogen-bond donors (Lipinski definition) is 2. The van der Waals surface area contributed by atoms with Crippen molar-refractivity contribution in [3.05, 3.63) is 77.9 Å². The molecule has 3 aromatic heterocycles. The molecule has 204 valence electrons. The summed E-state index contributed by atoms with van der Waals surface area (Å²) in [4.78, 5) is 19.3. The summed E-state index contributed by atoms with van der Waals surface area (Å²) in [6.07, 6.45) is -1.58. The number of halogens is 5. The van der Waals surface area contributed by atoms with E-state index in [-0.39, 0.29) is 29.6 Å². The Hall–Kier alpha value is -4.43. The van der Waals surface area contributed by atoms with E-state index in [9.17, 15) is 18.0 Å². The summed E-state index contributed by atoms with van der Waals surface area (Å²) in [6.45, 7) is 0.505. The minimum atomic E-state index is -4.83. The number of carbonyl (C=O) groups is 1. The summed E-state index contributed by atoms with van der Waals surface area (Å²) in [6, 6.07) is 8.86. The zero-order valence-electron chi connectivity index (χ0n) is 20.4. The van der Waals surface area contributed by atoms with E-state index in [2.05, 4.69) is 20.6 Å². The number of amides is 1. The van der Waals surface area contributed by atoms with E-state index in [0.29, 0.717) is 35.1 Å². The molecule has 15 heteroatoms. The summed E-state index contributed by atoms with van der Waals surface area (Å²) in [5.74, 6) is -1.11. The molecule has 0 aliphatic carbocycles. The van der Waals surface area contributed by atoms with Gasteiger partial charge in [-0.05, 0) is 44.4 Å². The zero-order chi connectivity index (χ0) is 27.2. The molecule has 0 atom stereocenters. The molecule has 0 aliphatic heterocycles. The molecule has 0 spiro atoms. The molecule has 0 radical (unpaired) electrons. The first-order valence-corrected chi connectivity index (χ1v) is 11.1. The van der Waals surface area contributed by atoms with Crippen molar-refractivity contribution in [1.82, 2.24) is 29.4 Å². The molecule has 5 aromatic rings. The van der Waals surface area contributed by atoms with Crippen LogP contribution in [0.3, 0.4) is 0 Å². The highest BCUT2D eigenvalue weighted by molar-refractivity contribution is 6.04. The molecule has 2 aromatic carbocycles. The lowest BCUT2D eigenvalue weighted by Gasteiger charge is -2.13. The first-order valence-electron chi connectivity index (χ1n) is 11.1. The average molecular weight is 564 g/mol. The van der Waals surface area contributed by atoms with Crippen LogP contribution in [0.4, 0.5) is 29.1 Å². The zero-order valence-corrected chi connectivity index (χ0v) is 21.1. The SMILES string of the molecule is CN(C)Cc1nccn1-c1ccc(NC(=O)c2cc(C(F)(F)F)nn2-c2ccc3onc(N)c3c2)c(F)c1.[Cl-]. The quantitative estimate of drug-likeness (QED) is 0.299. The van der Waals surface area contributed by atoms with Crippen LogP contribution in [-0.2, 0) is 12.7 Å². The lowest BCUT2D eigenvalue weighted by atomic mass is 10.2. The molecule has 0 aliphatic rings. The number of alkyl halides is 3. The Morgan fingerprint density at radius 1 is 1.13 bits per heavy atom. The van der Waals surface area contributed by atoms with Crippen LogP contribution in [0.5, 0.6) is 0 Å². The Bertz CT molecular complexity index is 1660. The predicted octanol–water partition coefficient (Wildman–Crippen LogP) is 1.26. The maximum atomic E-state index is 15.0. The van der Waals surface area contributed by atoms with E-state index in [1.165, 1.54) is 30.3 Å². The van der Waals surface area contributed by atoms with Crippen LogP contribution in [-0.4, -0.2) is 49.4 Å². The van der Waals surface area contributed by atoms with Crippen LogP contribution in [0.25, 0.3) is 22.3 Å². The number of aromatic nitrogens is 5. The summed E-state index contributed by atoms with van der Waals surface area (Å²) >= 11 is 0. The summed E-state index contributed by atoms with van der Waals surface area (Å²) in [5, 5.41) is 9.84. The Morgan fingerprint density at radius 3 is 2.56 bits per heavy atom. The fourth-order valence-corrected chi connectivity index (χ4v) is 3.87. The second kappa shape index (κ2) is 10.4. The number of benzene rings is 2. The van der Waals surface area contributed by atoms with Crippen molar-refractivity contribution in [2.75, 3.05) is 25.1 Å². The number of carbonyl (C=O) groups excluding carboxylic acids is 1. The van der Waals surface area contributed by atoms with Crippen LogP contribution >= 0.6 is 0 Å². The molecule has 1 amide bonds. The highest BCUT2D eigenvalue weighted by Gasteiger charge is 2.36. The molecule has 3 heterocycles. The van der Waals surface area contributed by atoms with Gasteiger partial charge >= 0.3 is 6.18 Å².